The molecule has 1 aromatic carbocycles. The van der Waals surface area contributed by atoms with Gasteiger partial charge in [-0.25, -0.2) is 8.42 Å². The second kappa shape index (κ2) is 6.37. The third kappa shape index (κ3) is 4.12. The molecule has 0 aliphatic rings. The summed E-state index contributed by atoms with van der Waals surface area (Å²) in [7, 11) is -3.14. The lowest BCUT2D eigenvalue weighted by Gasteiger charge is -2.15. The minimum absolute atomic E-state index is 0.125. The van der Waals surface area contributed by atoms with E-state index < -0.39 is 9.84 Å². The van der Waals surface area contributed by atoms with Crippen molar-refractivity contribution in [2.75, 3.05) is 6.26 Å². The van der Waals surface area contributed by atoms with Crippen molar-refractivity contribution >= 4 is 9.84 Å². The van der Waals surface area contributed by atoms with E-state index in [9.17, 15) is 8.42 Å². The number of pyridine rings is 1. The van der Waals surface area contributed by atoms with Crippen molar-refractivity contribution in [3.63, 3.8) is 0 Å². The SMILES string of the molecule is Cc1cccnc1CNC(C)c1ccc(S(C)(=O)=O)cc1. The van der Waals surface area contributed by atoms with E-state index in [2.05, 4.69) is 10.3 Å². The maximum absolute atomic E-state index is 11.4. The van der Waals surface area contributed by atoms with Gasteiger partial charge in [-0.15, -0.1) is 0 Å². The summed E-state index contributed by atoms with van der Waals surface area (Å²) in [5, 5.41) is 3.40. The first-order valence-electron chi connectivity index (χ1n) is 6.82. The molecule has 0 aliphatic carbocycles. The van der Waals surface area contributed by atoms with E-state index in [0.29, 0.717) is 11.4 Å². The lowest BCUT2D eigenvalue weighted by molar-refractivity contribution is 0.565. The van der Waals surface area contributed by atoms with Gasteiger partial charge in [-0.3, -0.25) is 4.98 Å². The first-order valence-corrected chi connectivity index (χ1v) is 8.71. The minimum atomic E-state index is -3.14. The molecule has 0 spiro atoms. The topological polar surface area (TPSA) is 59.1 Å². The van der Waals surface area contributed by atoms with Gasteiger partial charge in [0.2, 0.25) is 0 Å². The number of hydrogen-bond acceptors (Lipinski definition) is 4. The van der Waals surface area contributed by atoms with Crippen molar-refractivity contribution in [3.05, 3.63) is 59.4 Å². The average Bonchev–Trinajstić information content (AvgIpc) is 2.45. The first kappa shape index (κ1) is 15.7. The Kier molecular flexibility index (Phi) is 4.75. The fraction of sp³-hybridized carbons (Fsp3) is 0.312. The lowest BCUT2D eigenvalue weighted by atomic mass is 10.1. The van der Waals surface area contributed by atoms with Crippen molar-refractivity contribution in [2.45, 2.75) is 31.3 Å². The lowest BCUT2D eigenvalue weighted by Crippen LogP contribution is -2.19. The number of benzene rings is 1. The van der Waals surface area contributed by atoms with E-state index in [1.165, 1.54) is 6.26 Å². The van der Waals surface area contributed by atoms with Crippen LogP contribution in [0.4, 0.5) is 0 Å². The number of hydrogen-bond donors (Lipinski definition) is 1. The molecule has 2 aromatic rings. The molecule has 1 N–H and O–H groups in total. The highest BCUT2D eigenvalue weighted by Gasteiger charge is 2.10. The number of aromatic nitrogens is 1. The molecule has 5 heteroatoms. The minimum Gasteiger partial charge on any atom is -0.305 e. The van der Waals surface area contributed by atoms with Crippen LogP contribution in [0, 0.1) is 6.92 Å². The zero-order valence-corrected chi connectivity index (χ0v) is 13.3. The Balaban J connectivity index is 2.04. The summed E-state index contributed by atoms with van der Waals surface area (Å²) in [6.07, 6.45) is 3.00. The van der Waals surface area contributed by atoms with Crippen LogP contribution in [0.3, 0.4) is 0 Å². The summed E-state index contributed by atoms with van der Waals surface area (Å²) in [4.78, 5) is 4.69. The van der Waals surface area contributed by atoms with Crippen molar-refractivity contribution < 1.29 is 8.42 Å². The van der Waals surface area contributed by atoms with E-state index in [-0.39, 0.29) is 6.04 Å². The Labute approximate surface area is 126 Å². The molecule has 1 atom stereocenters. The third-order valence-electron chi connectivity index (χ3n) is 3.50. The van der Waals surface area contributed by atoms with Crippen LogP contribution >= 0.6 is 0 Å². The van der Waals surface area contributed by atoms with Crippen LogP contribution in [0.1, 0.15) is 29.8 Å². The molecule has 0 amide bonds. The zero-order valence-electron chi connectivity index (χ0n) is 12.5. The Morgan fingerprint density at radius 3 is 2.43 bits per heavy atom. The number of rotatable bonds is 5. The Morgan fingerprint density at radius 2 is 1.86 bits per heavy atom. The average molecular weight is 304 g/mol. The van der Waals surface area contributed by atoms with E-state index in [0.717, 1.165) is 16.8 Å². The van der Waals surface area contributed by atoms with E-state index in [1.807, 2.05) is 38.1 Å². The largest absolute Gasteiger partial charge is 0.305 e. The van der Waals surface area contributed by atoms with Gasteiger partial charge in [0.25, 0.3) is 0 Å². The standard InChI is InChI=1S/C16H20N2O2S/c1-12-5-4-10-17-16(12)11-18-13(2)14-6-8-15(9-7-14)21(3,19)20/h4-10,13,18H,11H2,1-3H3. The van der Waals surface area contributed by atoms with Crippen LogP contribution in [-0.2, 0) is 16.4 Å². The van der Waals surface area contributed by atoms with Crippen LogP contribution in [0.25, 0.3) is 0 Å². The molecule has 0 saturated carbocycles. The van der Waals surface area contributed by atoms with Gasteiger partial charge in [0.05, 0.1) is 10.6 Å². The quantitative estimate of drug-likeness (QED) is 0.922. The monoisotopic (exact) mass is 304 g/mol. The van der Waals surface area contributed by atoms with Crippen LogP contribution < -0.4 is 5.32 Å². The molecule has 0 radical (unpaired) electrons. The summed E-state index contributed by atoms with van der Waals surface area (Å²) in [6, 6.07) is 11.1. The van der Waals surface area contributed by atoms with Crippen LogP contribution in [0.2, 0.25) is 0 Å². The smallest absolute Gasteiger partial charge is 0.175 e. The van der Waals surface area contributed by atoms with E-state index >= 15 is 0 Å². The van der Waals surface area contributed by atoms with Gasteiger partial charge >= 0.3 is 0 Å². The molecule has 1 unspecified atom stereocenters. The summed E-state index contributed by atoms with van der Waals surface area (Å²) in [5.74, 6) is 0. The molecule has 4 nitrogen and oxygen atoms in total. The van der Waals surface area contributed by atoms with Gasteiger partial charge in [0, 0.05) is 25.0 Å². The molecule has 0 aliphatic heterocycles. The fourth-order valence-electron chi connectivity index (χ4n) is 2.07. The van der Waals surface area contributed by atoms with Crippen molar-refractivity contribution in [1.29, 1.82) is 0 Å². The van der Waals surface area contributed by atoms with Crippen LogP contribution in [0.15, 0.2) is 47.5 Å². The first-order chi connectivity index (χ1) is 9.88. The molecular formula is C16H20N2O2S. The molecule has 112 valence electrons. The molecule has 1 aromatic heterocycles. The normalized spacial score (nSPS) is 13.1. The maximum atomic E-state index is 11.4. The Morgan fingerprint density at radius 1 is 1.19 bits per heavy atom. The molecule has 1 heterocycles. The maximum Gasteiger partial charge on any atom is 0.175 e. The van der Waals surface area contributed by atoms with E-state index in [4.69, 9.17) is 0 Å². The van der Waals surface area contributed by atoms with Crippen LogP contribution in [-0.4, -0.2) is 19.7 Å². The van der Waals surface area contributed by atoms with Gasteiger partial charge in [0.1, 0.15) is 0 Å². The fourth-order valence-corrected chi connectivity index (χ4v) is 2.71. The highest BCUT2D eigenvalue weighted by atomic mass is 32.2. The van der Waals surface area contributed by atoms with Gasteiger partial charge in [-0.05, 0) is 43.2 Å². The second-order valence-corrected chi connectivity index (χ2v) is 7.23. The predicted molar refractivity (Wildman–Crippen MR) is 83.8 cm³/mol. The van der Waals surface area contributed by atoms with Crippen LogP contribution in [0.5, 0.6) is 0 Å². The van der Waals surface area contributed by atoms with Gasteiger partial charge in [0.15, 0.2) is 9.84 Å². The Hall–Kier alpha value is -1.72. The summed E-state index contributed by atoms with van der Waals surface area (Å²) < 4.78 is 22.9. The van der Waals surface area contributed by atoms with Crippen molar-refractivity contribution in [2.24, 2.45) is 0 Å². The molecule has 0 saturated heterocycles. The van der Waals surface area contributed by atoms with Crippen molar-refractivity contribution in [3.8, 4) is 0 Å². The second-order valence-electron chi connectivity index (χ2n) is 5.21. The number of nitrogens with zero attached hydrogens (tertiary/aromatic N) is 1. The molecular weight excluding hydrogens is 284 g/mol. The van der Waals surface area contributed by atoms with Gasteiger partial charge < -0.3 is 5.32 Å². The highest BCUT2D eigenvalue weighted by Crippen LogP contribution is 2.17. The van der Waals surface area contributed by atoms with Gasteiger partial charge in [-0.2, -0.15) is 0 Å². The summed E-state index contributed by atoms with van der Waals surface area (Å²) in [5.41, 5.74) is 3.23. The van der Waals surface area contributed by atoms with Gasteiger partial charge in [-0.1, -0.05) is 18.2 Å². The number of sulfone groups is 1. The number of nitrogens with one attached hydrogen (secondary N) is 1. The zero-order chi connectivity index (χ0) is 15.5. The molecule has 21 heavy (non-hydrogen) atoms. The summed E-state index contributed by atoms with van der Waals surface area (Å²) in [6.45, 7) is 4.77. The number of aryl methyl sites for hydroxylation is 1. The highest BCUT2D eigenvalue weighted by molar-refractivity contribution is 7.90. The molecule has 0 bridgehead atoms. The molecule has 2 rings (SSSR count). The van der Waals surface area contributed by atoms with E-state index in [1.54, 1.807) is 18.3 Å². The molecule has 0 fully saturated rings. The predicted octanol–water partition coefficient (Wildman–Crippen LogP) is 2.64. The third-order valence-corrected chi connectivity index (χ3v) is 4.63. The van der Waals surface area contributed by atoms with Crippen molar-refractivity contribution in [1.82, 2.24) is 10.3 Å². The summed E-state index contributed by atoms with van der Waals surface area (Å²) >= 11 is 0. The Bertz CT molecular complexity index is 709.